The summed E-state index contributed by atoms with van der Waals surface area (Å²) in [7, 11) is 0. The molecule has 0 spiro atoms. The van der Waals surface area contributed by atoms with Crippen LogP contribution in [-0.2, 0) is 4.74 Å². The first-order valence-electron chi connectivity index (χ1n) is 4.20. The molecule has 0 amide bonds. The smallest absolute Gasteiger partial charge is 0.112 e. The molecule has 1 aliphatic rings. The summed E-state index contributed by atoms with van der Waals surface area (Å²) >= 11 is 0. The summed E-state index contributed by atoms with van der Waals surface area (Å²) < 4.78 is 5.54. The third-order valence-corrected chi connectivity index (χ3v) is 1.95. The molecule has 3 nitrogen and oxygen atoms in total. The maximum absolute atomic E-state index is 5.54. The zero-order valence-electron chi connectivity index (χ0n) is 6.86. The van der Waals surface area contributed by atoms with Gasteiger partial charge in [0.2, 0.25) is 0 Å². The van der Waals surface area contributed by atoms with Crippen LogP contribution in [0.2, 0.25) is 0 Å². The van der Waals surface area contributed by atoms with Gasteiger partial charge in [-0.15, -0.1) is 0 Å². The number of nitrogens with one attached hydrogen (secondary N) is 1. The van der Waals surface area contributed by atoms with Gasteiger partial charge in [-0.05, 0) is 12.1 Å². The van der Waals surface area contributed by atoms with Crippen molar-refractivity contribution in [1.82, 2.24) is 10.3 Å². The average molecular weight is 164 g/mol. The van der Waals surface area contributed by atoms with Gasteiger partial charge in [0.05, 0.1) is 12.3 Å². The molecule has 1 aromatic rings. The summed E-state index contributed by atoms with van der Waals surface area (Å²) in [6.07, 6.45) is 1.94. The molecule has 1 aliphatic heterocycles. The van der Waals surface area contributed by atoms with Crippen molar-refractivity contribution < 1.29 is 4.74 Å². The third-order valence-electron chi connectivity index (χ3n) is 1.95. The van der Waals surface area contributed by atoms with Crippen LogP contribution in [-0.4, -0.2) is 24.7 Å². The lowest BCUT2D eigenvalue weighted by molar-refractivity contribution is 0.0250. The van der Waals surface area contributed by atoms with E-state index in [-0.39, 0.29) is 6.10 Å². The Labute approximate surface area is 71.8 Å². The number of hydrogen-bond donors (Lipinski definition) is 1. The highest BCUT2D eigenvalue weighted by molar-refractivity contribution is 5.07. The largest absolute Gasteiger partial charge is 0.369 e. The lowest BCUT2D eigenvalue weighted by Crippen LogP contribution is -2.33. The lowest BCUT2D eigenvalue weighted by atomic mass is 10.2. The number of aromatic nitrogens is 1. The van der Waals surface area contributed by atoms with Crippen molar-refractivity contribution >= 4 is 0 Å². The van der Waals surface area contributed by atoms with Gasteiger partial charge in [0.1, 0.15) is 6.10 Å². The van der Waals surface area contributed by atoms with Crippen LogP contribution in [0, 0.1) is 0 Å². The van der Waals surface area contributed by atoms with E-state index < -0.39 is 0 Å². The van der Waals surface area contributed by atoms with Gasteiger partial charge in [0, 0.05) is 19.3 Å². The summed E-state index contributed by atoms with van der Waals surface area (Å²) in [5.74, 6) is 0. The van der Waals surface area contributed by atoms with Crippen molar-refractivity contribution in [3.63, 3.8) is 0 Å². The highest BCUT2D eigenvalue weighted by Gasteiger charge is 2.15. The zero-order chi connectivity index (χ0) is 8.23. The molecule has 2 rings (SSSR count). The Morgan fingerprint density at radius 3 is 3.17 bits per heavy atom. The fraction of sp³-hybridized carbons (Fsp3) is 0.444. The second-order valence-corrected chi connectivity index (χ2v) is 2.82. The molecule has 1 saturated heterocycles. The van der Waals surface area contributed by atoms with Crippen LogP contribution in [0.5, 0.6) is 0 Å². The second kappa shape index (κ2) is 3.65. The van der Waals surface area contributed by atoms with Crippen molar-refractivity contribution in [3.05, 3.63) is 30.1 Å². The van der Waals surface area contributed by atoms with Crippen molar-refractivity contribution in [1.29, 1.82) is 0 Å². The topological polar surface area (TPSA) is 34.1 Å². The van der Waals surface area contributed by atoms with Gasteiger partial charge in [-0.3, -0.25) is 4.98 Å². The summed E-state index contributed by atoms with van der Waals surface area (Å²) in [5, 5.41) is 3.27. The standard InChI is InChI=1S/C9H12N2O/c1-2-4-11-8(3-1)9-7-10-5-6-12-9/h1-4,9-10H,5-7H2/t9-/m0/s1. The van der Waals surface area contributed by atoms with Crippen LogP contribution in [0.1, 0.15) is 11.8 Å². The predicted octanol–water partition coefficient (Wildman–Crippen LogP) is 0.742. The minimum Gasteiger partial charge on any atom is -0.369 e. The fourth-order valence-corrected chi connectivity index (χ4v) is 1.32. The Morgan fingerprint density at radius 2 is 2.50 bits per heavy atom. The highest BCUT2D eigenvalue weighted by Crippen LogP contribution is 2.14. The van der Waals surface area contributed by atoms with Gasteiger partial charge < -0.3 is 10.1 Å². The lowest BCUT2D eigenvalue weighted by Gasteiger charge is -2.22. The van der Waals surface area contributed by atoms with Gasteiger partial charge in [-0.25, -0.2) is 0 Å². The number of nitrogens with zero attached hydrogens (tertiary/aromatic N) is 1. The minimum atomic E-state index is 0.139. The maximum Gasteiger partial charge on any atom is 0.112 e. The van der Waals surface area contributed by atoms with E-state index in [2.05, 4.69) is 10.3 Å². The summed E-state index contributed by atoms with van der Waals surface area (Å²) in [4.78, 5) is 4.24. The van der Waals surface area contributed by atoms with Gasteiger partial charge >= 0.3 is 0 Å². The molecule has 3 heteroatoms. The quantitative estimate of drug-likeness (QED) is 0.664. The van der Waals surface area contributed by atoms with Crippen LogP contribution >= 0.6 is 0 Å². The molecular weight excluding hydrogens is 152 g/mol. The molecule has 1 N–H and O–H groups in total. The molecule has 0 unspecified atom stereocenters. The first-order valence-corrected chi connectivity index (χ1v) is 4.20. The second-order valence-electron chi connectivity index (χ2n) is 2.82. The maximum atomic E-state index is 5.54. The predicted molar refractivity (Wildman–Crippen MR) is 45.8 cm³/mol. The van der Waals surface area contributed by atoms with E-state index in [0.717, 1.165) is 25.4 Å². The van der Waals surface area contributed by atoms with Crippen LogP contribution in [0.25, 0.3) is 0 Å². The number of rotatable bonds is 1. The molecule has 0 saturated carbocycles. The van der Waals surface area contributed by atoms with E-state index in [0.29, 0.717) is 0 Å². The molecule has 64 valence electrons. The van der Waals surface area contributed by atoms with Gasteiger partial charge in [0.25, 0.3) is 0 Å². The molecule has 12 heavy (non-hydrogen) atoms. The minimum absolute atomic E-state index is 0.139. The molecule has 1 fully saturated rings. The molecule has 0 bridgehead atoms. The normalized spacial score (nSPS) is 23.8. The Bertz CT molecular complexity index is 232. The fourth-order valence-electron chi connectivity index (χ4n) is 1.32. The number of ether oxygens (including phenoxy) is 1. The van der Waals surface area contributed by atoms with Crippen molar-refractivity contribution in [2.24, 2.45) is 0 Å². The van der Waals surface area contributed by atoms with E-state index >= 15 is 0 Å². The molecule has 0 aliphatic carbocycles. The molecule has 0 aromatic carbocycles. The first-order chi connectivity index (χ1) is 5.97. The summed E-state index contributed by atoms with van der Waals surface area (Å²) in [6, 6.07) is 5.90. The Kier molecular flexibility index (Phi) is 2.34. The van der Waals surface area contributed by atoms with E-state index in [1.807, 2.05) is 18.2 Å². The molecule has 2 heterocycles. The van der Waals surface area contributed by atoms with E-state index in [9.17, 15) is 0 Å². The molecule has 1 aromatic heterocycles. The Hall–Kier alpha value is -0.930. The van der Waals surface area contributed by atoms with Crippen LogP contribution in [0.15, 0.2) is 24.4 Å². The molecule has 0 radical (unpaired) electrons. The summed E-state index contributed by atoms with van der Waals surface area (Å²) in [6.45, 7) is 2.60. The average Bonchev–Trinajstić information content (AvgIpc) is 2.21. The van der Waals surface area contributed by atoms with E-state index in [1.54, 1.807) is 6.20 Å². The van der Waals surface area contributed by atoms with Gasteiger partial charge in [-0.2, -0.15) is 0 Å². The Balaban J connectivity index is 2.08. The first kappa shape index (κ1) is 7.71. The third kappa shape index (κ3) is 1.62. The van der Waals surface area contributed by atoms with E-state index in [4.69, 9.17) is 4.74 Å². The zero-order valence-corrected chi connectivity index (χ0v) is 6.86. The van der Waals surface area contributed by atoms with Crippen LogP contribution < -0.4 is 5.32 Å². The summed E-state index contributed by atoms with van der Waals surface area (Å²) in [5.41, 5.74) is 1.02. The monoisotopic (exact) mass is 164 g/mol. The number of pyridine rings is 1. The van der Waals surface area contributed by atoms with Crippen LogP contribution in [0.4, 0.5) is 0 Å². The number of hydrogen-bond acceptors (Lipinski definition) is 3. The van der Waals surface area contributed by atoms with Crippen LogP contribution in [0.3, 0.4) is 0 Å². The Morgan fingerprint density at radius 1 is 1.50 bits per heavy atom. The highest BCUT2D eigenvalue weighted by atomic mass is 16.5. The SMILES string of the molecule is c1ccc([C@@H]2CNCCO2)nc1. The molecular formula is C9H12N2O. The van der Waals surface area contributed by atoms with Gasteiger partial charge in [0.15, 0.2) is 0 Å². The van der Waals surface area contributed by atoms with Crippen molar-refractivity contribution in [2.45, 2.75) is 6.10 Å². The van der Waals surface area contributed by atoms with Crippen molar-refractivity contribution in [2.75, 3.05) is 19.7 Å². The van der Waals surface area contributed by atoms with Crippen molar-refractivity contribution in [3.8, 4) is 0 Å². The van der Waals surface area contributed by atoms with Gasteiger partial charge in [-0.1, -0.05) is 6.07 Å². The number of morpholine rings is 1. The van der Waals surface area contributed by atoms with E-state index in [1.165, 1.54) is 0 Å². The molecule has 1 atom stereocenters.